The maximum absolute atomic E-state index is 8.87. The van der Waals surface area contributed by atoms with Gasteiger partial charge in [-0.05, 0) is 12.1 Å². The van der Waals surface area contributed by atoms with Crippen LogP contribution in [0, 0.1) is 0 Å². The van der Waals surface area contributed by atoms with Gasteiger partial charge in [-0.2, -0.15) is 5.10 Å². The number of anilines is 1. The van der Waals surface area contributed by atoms with Crippen LogP contribution in [0.5, 0.6) is 0 Å². The number of benzene rings is 1. The fourth-order valence-corrected chi connectivity index (χ4v) is 2.42. The number of hydrogen-bond acceptors (Lipinski definition) is 4. The third kappa shape index (κ3) is 3.82. The molecule has 0 spiro atoms. The fourth-order valence-electron chi connectivity index (χ4n) is 1.94. The second-order valence-corrected chi connectivity index (χ2v) is 5.24. The van der Waals surface area contributed by atoms with Crippen molar-refractivity contribution in [3.8, 4) is 0 Å². The van der Waals surface area contributed by atoms with Crippen LogP contribution in [-0.4, -0.2) is 28.6 Å². The van der Waals surface area contributed by atoms with Crippen LogP contribution in [0.2, 0.25) is 0 Å². The van der Waals surface area contributed by atoms with E-state index in [0.717, 1.165) is 21.3 Å². The summed E-state index contributed by atoms with van der Waals surface area (Å²) in [5.74, 6) is 0. The molecule has 0 amide bonds. The molecule has 0 aliphatic carbocycles. The van der Waals surface area contributed by atoms with Gasteiger partial charge in [0.2, 0.25) is 0 Å². The van der Waals surface area contributed by atoms with E-state index in [0.29, 0.717) is 19.7 Å². The number of nitrogens with zero attached hydrogens (tertiary/aromatic N) is 2. The average molecular weight is 340 g/mol. The van der Waals surface area contributed by atoms with Gasteiger partial charge < -0.3 is 15.2 Å². The second-order valence-electron chi connectivity index (χ2n) is 4.39. The third-order valence-electron chi connectivity index (χ3n) is 2.91. The highest BCUT2D eigenvalue weighted by atomic mass is 79.9. The molecule has 2 N–H and O–H groups in total. The molecular weight excluding hydrogens is 322 g/mol. The lowest BCUT2D eigenvalue weighted by atomic mass is 10.2. The standard InChI is InChI=1S/C14H18BrN3O2/c1-20-10-12-13(15)3-2-4-14(12)16-7-11-8-17-18(9-11)5-6-19/h2-4,8-9,16,19H,5-7,10H2,1H3. The smallest absolute Gasteiger partial charge is 0.0744 e. The number of halogens is 1. The van der Waals surface area contributed by atoms with Gasteiger partial charge in [-0.25, -0.2) is 0 Å². The summed E-state index contributed by atoms with van der Waals surface area (Å²) in [6.07, 6.45) is 3.73. The minimum absolute atomic E-state index is 0.0954. The SMILES string of the molecule is COCc1c(Br)cccc1NCc1cnn(CCO)c1. The van der Waals surface area contributed by atoms with Gasteiger partial charge in [0.25, 0.3) is 0 Å². The summed E-state index contributed by atoms with van der Waals surface area (Å²) in [6, 6.07) is 6.01. The monoisotopic (exact) mass is 339 g/mol. The van der Waals surface area contributed by atoms with E-state index >= 15 is 0 Å². The summed E-state index contributed by atoms with van der Waals surface area (Å²) in [4.78, 5) is 0. The zero-order chi connectivity index (χ0) is 14.4. The molecule has 2 aromatic rings. The predicted octanol–water partition coefficient (Wildman–Crippen LogP) is 2.40. The number of ether oxygens (including phenoxy) is 1. The summed E-state index contributed by atoms with van der Waals surface area (Å²) >= 11 is 3.53. The van der Waals surface area contributed by atoms with Gasteiger partial charge in [0.15, 0.2) is 0 Å². The Bertz CT molecular complexity index is 557. The topological polar surface area (TPSA) is 59.3 Å². The third-order valence-corrected chi connectivity index (χ3v) is 3.65. The molecule has 0 bridgehead atoms. The minimum Gasteiger partial charge on any atom is -0.394 e. The first-order chi connectivity index (χ1) is 9.74. The zero-order valence-electron chi connectivity index (χ0n) is 11.3. The largest absolute Gasteiger partial charge is 0.394 e. The van der Waals surface area contributed by atoms with E-state index in [1.165, 1.54) is 0 Å². The molecule has 2 rings (SSSR count). The van der Waals surface area contributed by atoms with E-state index in [9.17, 15) is 0 Å². The Kier molecular flexibility index (Phi) is 5.58. The number of nitrogens with one attached hydrogen (secondary N) is 1. The normalized spacial score (nSPS) is 10.8. The van der Waals surface area contributed by atoms with Crippen LogP contribution < -0.4 is 5.32 Å². The summed E-state index contributed by atoms with van der Waals surface area (Å²) in [7, 11) is 1.68. The number of methoxy groups -OCH3 is 1. The molecule has 6 heteroatoms. The molecule has 5 nitrogen and oxygen atoms in total. The Hall–Kier alpha value is -1.37. The predicted molar refractivity (Wildman–Crippen MR) is 81.5 cm³/mol. The van der Waals surface area contributed by atoms with Gasteiger partial charge in [0.1, 0.15) is 0 Å². The van der Waals surface area contributed by atoms with E-state index in [1.54, 1.807) is 18.0 Å². The lowest BCUT2D eigenvalue weighted by Gasteiger charge is -2.12. The van der Waals surface area contributed by atoms with Crippen molar-refractivity contribution in [3.63, 3.8) is 0 Å². The second kappa shape index (κ2) is 7.42. The molecule has 0 atom stereocenters. The quantitative estimate of drug-likeness (QED) is 0.813. The molecule has 0 fully saturated rings. The first-order valence-corrected chi connectivity index (χ1v) is 7.16. The molecule has 0 aliphatic rings. The fraction of sp³-hybridized carbons (Fsp3) is 0.357. The number of aromatic nitrogens is 2. The molecule has 1 aromatic carbocycles. The van der Waals surface area contributed by atoms with E-state index in [4.69, 9.17) is 9.84 Å². The summed E-state index contributed by atoms with van der Waals surface area (Å²) in [6.45, 7) is 1.84. The van der Waals surface area contributed by atoms with Crippen LogP contribution in [0.3, 0.4) is 0 Å². The Labute approximate surface area is 126 Å². The lowest BCUT2D eigenvalue weighted by molar-refractivity contribution is 0.185. The van der Waals surface area contributed by atoms with Crippen molar-refractivity contribution in [1.29, 1.82) is 0 Å². The van der Waals surface area contributed by atoms with Crippen molar-refractivity contribution < 1.29 is 9.84 Å². The van der Waals surface area contributed by atoms with Crippen molar-refractivity contribution >= 4 is 21.6 Å². The first-order valence-electron chi connectivity index (χ1n) is 6.37. The van der Waals surface area contributed by atoms with Gasteiger partial charge in [-0.3, -0.25) is 4.68 Å². The van der Waals surface area contributed by atoms with Gasteiger partial charge >= 0.3 is 0 Å². The molecule has 0 radical (unpaired) electrons. The molecule has 0 unspecified atom stereocenters. The van der Waals surface area contributed by atoms with Crippen molar-refractivity contribution in [1.82, 2.24) is 9.78 Å². The Balaban J connectivity index is 2.04. The summed E-state index contributed by atoms with van der Waals surface area (Å²) < 4.78 is 7.98. The Morgan fingerprint density at radius 2 is 2.30 bits per heavy atom. The molecule has 108 valence electrons. The highest BCUT2D eigenvalue weighted by Crippen LogP contribution is 2.25. The minimum atomic E-state index is 0.0954. The Morgan fingerprint density at radius 1 is 1.45 bits per heavy atom. The van der Waals surface area contributed by atoms with Crippen LogP contribution in [0.15, 0.2) is 35.1 Å². The van der Waals surface area contributed by atoms with E-state index in [2.05, 4.69) is 26.3 Å². The van der Waals surface area contributed by atoms with Crippen LogP contribution >= 0.6 is 15.9 Å². The van der Waals surface area contributed by atoms with Gasteiger partial charge in [0.05, 0.1) is 26.0 Å². The van der Waals surface area contributed by atoms with Crippen molar-refractivity contribution in [2.45, 2.75) is 19.7 Å². The zero-order valence-corrected chi connectivity index (χ0v) is 12.9. The average Bonchev–Trinajstić information content (AvgIpc) is 2.88. The van der Waals surface area contributed by atoms with Crippen molar-refractivity contribution in [2.24, 2.45) is 0 Å². The first kappa shape index (κ1) is 15.0. The van der Waals surface area contributed by atoms with Crippen LogP contribution in [0.4, 0.5) is 5.69 Å². The molecule has 0 saturated heterocycles. The number of aliphatic hydroxyl groups excluding tert-OH is 1. The van der Waals surface area contributed by atoms with Gasteiger partial charge in [0, 0.05) is 41.1 Å². The van der Waals surface area contributed by atoms with Crippen LogP contribution in [0.1, 0.15) is 11.1 Å². The summed E-state index contributed by atoms with van der Waals surface area (Å²) in [5.41, 5.74) is 3.20. The van der Waals surface area contributed by atoms with Crippen molar-refractivity contribution in [2.75, 3.05) is 19.0 Å². The number of aliphatic hydroxyl groups is 1. The summed E-state index contributed by atoms with van der Waals surface area (Å²) in [5, 5.41) is 16.4. The molecule has 0 saturated carbocycles. The molecule has 0 aliphatic heterocycles. The number of rotatable bonds is 7. The van der Waals surface area contributed by atoms with E-state index < -0.39 is 0 Å². The lowest BCUT2D eigenvalue weighted by Crippen LogP contribution is -2.04. The van der Waals surface area contributed by atoms with Gasteiger partial charge in [-0.15, -0.1) is 0 Å². The molecular formula is C14H18BrN3O2. The van der Waals surface area contributed by atoms with Gasteiger partial charge in [-0.1, -0.05) is 22.0 Å². The van der Waals surface area contributed by atoms with E-state index in [-0.39, 0.29) is 6.61 Å². The molecule has 20 heavy (non-hydrogen) atoms. The molecule has 1 heterocycles. The van der Waals surface area contributed by atoms with Crippen LogP contribution in [0.25, 0.3) is 0 Å². The molecule has 1 aromatic heterocycles. The highest BCUT2D eigenvalue weighted by Gasteiger charge is 2.06. The van der Waals surface area contributed by atoms with Crippen LogP contribution in [-0.2, 0) is 24.4 Å². The van der Waals surface area contributed by atoms with E-state index in [1.807, 2.05) is 24.4 Å². The highest BCUT2D eigenvalue weighted by molar-refractivity contribution is 9.10. The maximum Gasteiger partial charge on any atom is 0.0744 e. The van der Waals surface area contributed by atoms with Crippen molar-refractivity contribution in [3.05, 3.63) is 46.2 Å². The maximum atomic E-state index is 8.87. The Morgan fingerprint density at radius 3 is 3.05 bits per heavy atom. The number of hydrogen-bond donors (Lipinski definition) is 2.